The van der Waals surface area contributed by atoms with Crippen LogP contribution in [-0.4, -0.2) is 36.0 Å². The molecule has 0 bridgehead atoms. The van der Waals surface area contributed by atoms with E-state index in [1.807, 2.05) is 18.7 Å². The monoisotopic (exact) mass is 341 g/mol. The molecule has 0 radical (unpaired) electrons. The van der Waals surface area contributed by atoms with E-state index in [1.165, 1.54) is 44.9 Å². The average Bonchev–Trinajstić information content (AvgIpc) is 2.88. The molecule has 1 heterocycles. The van der Waals surface area contributed by atoms with Crippen LogP contribution in [0.2, 0.25) is 0 Å². The average molecular weight is 342 g/mol. The van der Waals surface area contributed by atoms with Crippen LogP contribution in [-0.2, 0) is 14.3 Å². The van der Waals surface area contributed by atoms with Gasteiger partial charge in [-0.15, -0.1) is 0 Å². The van der Waals surface area contributed by atoms with Crippen LogP contribution in [0.1, 0.15) is 92.4 Å². The van der Waals surface area contributed by atoms with Gasteiger partial charge in [-0.05, 0) is 20.3 Å². The maximum Gasteiger partial charge on any atom is 0.311 e. The smallest absolute Gasteiger partial charge is 0.311 e. The summed E-state index contributed by atoms with van der Waals surface area (Å²) < 4.78 is 5.19. The molecule has 0 saturated carbocycles. The van der Waals surface area contributed by atoms with Crippen molar-refractivity contribution < 1.29 is 14.3 Å². The Morgan fingerprint density at radius 1 is 1.08 bits per heavy atom. The van der Waals surface area contributed by atoms with Gasteiger partial charge in [-0.1, -0.05) is 65.7 Å². The quantitative estimate of drug-likeness (QED) is 0.417. The number of hydrogen-bond donors (Lipinski definition) is 0. The molecule has 0 aromatic heterocycles. The van der Waals surface area contributed by atoms with Gasteiger partial charge in [-0.3, -0.25) is 9.59 Å². The van der Waals surface area contributed by atoms with Crippen molar-refractivity contribution in [3.8, 4) is 0 Å². The summed E-state index contributed by atoms with van der Waals surface area (Å²) in [5, 5.41) is 0. The molecule has 142 valence electrons. The minimum Gasteiger partial charge on any atom is -0.463 e. The van der Waals surface area contributed by atoms with Crippen LogP contribution in [0.25, 0.3) is 0 Å². The number of rotatable bonds is 10. The van der Waals surface area contributed by atoms with Crippen LogP contribution in [0.3, 0.4) is 0 Å². The predicted molar refractivity (Wildman–Crippen MR) is 99.9 cm³/mol. The Labute approximate surface area is 149 Å². The van der Waals surface area contributed by atoms with Gasteiger partial charge in [0.1, 0.15) is 0 Å². The molecular weight excluding hydrogens is 302 g/mol. The number of unbranched alkanes of at least 4 members (excludes halogenated alkanes) is 6. The number of carbonyl (C=O) groups is 2. The molecule has 1 saturated heterocycles. The summed E-state index contributed by atoms with van der Waals surface area (Å²) >= 11 is 0. The third-order valence-electron chi connectivity index (χ3n) is 3.93. The van der Waals surface area contributed by atoms with E-state index < -0.39 is 0 Å². The minimum absolute atomic E-state index is 0.103. The standard InChI is InChI=1S/C17H31NO3.C3H8/c1-4-5-6-7-8-9-10-11-18-13-15(12-16(18)19)17(20)21-14(2)3;1-3-2/h14-15H,4-13H2,1-3H3;3H2,1-2H3. The molecule has 0 aromatic carbocycles. The Morgan fingerprint density at radius 2 is 1.62 bits per heavy atom. The third-order valence-corrected chi connectivity index (χ3v) is 3.93. The van der Waals surface area contributed by atoms with Gasteiger partial charge in [0.15, 0.2) is 0 Å². The number of ether oxygens (including phenoxy) is 1. The topological polar surface area (TPSA) is 46.6 Å². The molecule has 1 atom stereocenters. The molecule has 1 amide bonds. The van der Waals surface area contributed by atoms with E-state index in [-0.39, 0.29) is 23.9 Å². The molecule has 1 rings (SSSR count). The molecule has 1 aliphatic heterocycles. The van der Waals surface area contributed by atoms with Crippen LogP contribution in [0.4, 0.5) is 0 Å². The number of esters is 1. The van der Waals surface area contributed by atoms with Crippen LogP contribution in [0.15, 0.2) is 0 Å². The second-order valence-corrected chi connectivity index (χ2v) is 7.05. The van der Waals surface area contributed by atoms with Crippen molar-refractivity contribution in [3.63, 3.8) is 0 Å². The zero-order valence-corrected chi connectivity index (χ0v) is 16.6. The molecule has 0 N–H and O–H groups in total. The first-order chi connectivity index (χ1) is 11.5. The third kappa shape index (κ3) is 10.7. The van der Waals surface area contributed by atoms with Crippen LogP contribution in [0.5, 0.6) is 0 Å². The van der Waals surface area contributed by atoms with Crippen LogP contribution >= 0.6 is 0 Å². The normalized spacial score (nSPS) is 17.0. The van der Waals surface area contributed by atoms with Gasteiger partial charge in [0.05, 0.1) is 12.0 Å². The zero-order valence-electron chi connectivity index (χ0n) is 16.6. The summed E-state index contributed by atoms with van der Waals surface area (Å²) in [6.07, 6.45) is 10.2. The maximum absolute atomic E-state index is 11.9. The lowest BCUT2D eigenvalue weighted by atomic mass is 10.1. The van der Waals surface area contributed by atoms with Crippen LogP contribution < -0.4 is 0 Å². The lowest BCUT2D eigenvalue weighted by Crippen LogP contribution is -2.28. The first kappa shape index (κ1) is 22.9. The molecule has 4 nitrogen and oxygen atoms in total. The SMILES string of the molecule is CCC.CCCCCCCCCN1CC(C(=O)OC(C)C)CC1=O. The Bertz CT molecular complexity index is 342. The first-order valence-electron chi connectivity index (χ1n) is 9.94. The van der Waals surface area contributed by atoms with Gasteiger partial charge in [-0.25, -0.2) is 0 Å². The highest BCUT2D eigenvalue weighted by Gasteiger charge is 2.35. The van der Waals surface area contributed by atoms with Gasteiger partial charge in [0.25, 0.3) is 0 Å². The van der Waals surface area contributed by atoms with E-state index in [2.05, 4.69) is 20.8 Å². The number of likely N-dealkylation sites (tertiary alicyclic amines) is 1. The van der Waals surface area contributed by atoms with Crippen molar-refractivity contribution in [1.82, 2.24) is 4.90 Å². The summed E-state index contributed by atoms with van der Waals surface area (Å²) in [4.78, 5) is 25.6. The number of hydrogen-bond acceptors (Lipinski definition) is 3. The largest absolute Gasteiger partial charge is 0.463 e. The highest BCUT2D eigenvalue weighted by molar-refractivity contribution is 5.86. The molecule has 1 aliphatic rings. The Hall–Kier alpha value is -1.06. The fourth-order valence-electron chi connectivity index (χ4n) is 2.73. The second-order valence-electron chi connectivity index (χ2n) is 7.05. The summed E-state index contributed by atoms with van der Waals surface area (Å²) in [5.41, 5.74) is 0. The summed E-state index contributed by atoms with van der Waals surface area (Å²) in [6.45, 7) is 11.5. The van der Waals surface area contributed by atoms with Crippen molar-refractivity contribution in [2.45, 2.75) is 98.5 Å². The molecule has 0 aromatic rings. The van der Waals surface area contributed by atoms with E-state index in [4.69, 9.17) is 4.74 Å². The molecule has 1 fully saturated rings. The van der Waals surface area contributed by atoms with E-state index in [0.29, 0.717) is 13.0 Å². The van der Waals surface area contributed by atoms with Gasteiger partial charge in [0, 0.05) is 19.5 Å². The number of amides is 1. The molecule has 0 aliphatic carbocycles. The number of nitrogens with zero attached hydrogens (tertiary/aromatic N) is 1. The summed E-state index contributed by atoms with van der Waals surface area (Å²) in [5.74, 6) is -0.378. The van der Waals surface area contributed by atoms with Crippen molar-refractivity contribution in [2.75, 3.05) is 13.1 Å². The summed E-state index contributed by atoms with van der Waals surface area (Å²) in [6, 6.07) is 0. The van der Waals surface area contributed by atoms with Crippen molar-refractivity contribution in [2.24, 2.45) is 5.92 Å². The van der Waals surface area contributed by atoms with Gasteiger partial charge >= 0.3 is 5.97 Å². The van der Waals surface area contributed by atoms with E-state index in [1.54, 1.807) is 0 Å². The van der Waals surface area contributed by atoms with E-state index in [0.717, 1.165) is 13.0 Å². The zero-order chi connectivity index (χ0) is 18.4. The molecule has 0 spiro atoms. The van der Waals surface area contributed by atoms with Gasteiger partial charge in [0.2, 0.25) is 5.91 Å². The fraction of sp³-hybridized carbons (Fsp3) is 0.900. The molecule has 1 unspecified atom stereocenters. The molecule has 24 heavy (non-hydrogen) atoms. The van der Waals surface area contributed by atoms with Crippen molar-refractivity contribution >= 4 is 11.9 Å². The predicted octanol–water partition coefficient (Wildman–Crippen LogP) is 4.95. The van der Waals surface area contributed by atoms with E-state index >= 15 is 0 Å². The summed E-state index contributed by atoms with van der Waals surface area (Å²) in [7, 11) is 0. The molecular formula is C20H39NO3. The Kier molecular flexibility index (Phi) is 13.7. The first-order valence-corrected chi connectivity index (χ1v) is 9.94. The van der Waals surface area contributed by atoms with Crippen molar-refractivity contribution in [3.05, 3.63) is 0 Å². The lowest BCUT2D eigenvalue weighted by Gasteiger charge is -2.16. The van der Waals surface area contributed by atoms with Gasteiger partial charge in [-0.2, -0.15) is 0 Å². The Balaban J connectivity index is 0.00000163. The highest BCUT2D eigenvalue weighted by atomic mass is 16.5. The maximum atomic E-state index is 11.9. The highest BCUT2D eigenvalue weighted by Crippen LogP contribution is 2.20. The van der Waals surface area contributed by atoms with Gasteiger partial charge < -0.3 is 9.64 Å². The Morgan fingerprint density at radius 3 is 2.17 bits per heavy atom. The second kappa shape index (κ2) is 14.3. The lowest BCUT2D eigenvalue weighted by molar-refractivity contribution is -0.152. The van der Waals surface area contributed by atoms with E-state index in [9.17, 15) is 9.59 Å². The minimum atomic E-state index is -0.260. The van der Waals surface area contributed by atoms with Crippen molar-refractivity contribution in [1.29, 1.82) is 0 Å². The number of carbonyl (C=O) groups excluding carboxylic acids is 2. The van der Waals surface area contributed by atoms with Crippen LogP contribution in [0, 0.1) is 5.92 Å². The fourth-order valence-corrected chi connectivity index (χ4v) is 2.73. The molecule has 4 heteroatoms.